The van der Waals surface area contributed by atoms with Gasteiger partial charge in [-0.1, -0.05) is 26.7 Å². The molecule has 1 saturated carbocycles. The molecule has 0 aromatic rings. The number of carbonyl (C=O) groups excluding carboxylic acids is 1. The standard InChI is InChI=1S/C16H31N3O2/c1-12(2)15(20)9-17-16(21)18-14-7-8-19(11-14)10-13-5-3-4-6-13/h12-15,20H,3-11H2,1-2H3,(H2,17,18,21). The van der Waals surface area contributed by atoms with Gasteiger partial charge in [0.15, 0.2) is 0 Å². The Kier molecular flexibility index (Phi) is 6.30. The van der Waals surface area contributed by atoms with Crippen molar-refractivity contribution in [2.45, 2.75) is 58.1 Å². The first kappa shape index (κ1) is 16.6. The van der Waals surface area contributed by atoms with Gasteiger partial charge >= 0.3 is 6.03 Å². The average Bonchev–Trinajstić information content (AvgIpc) is 3.08. The van der Waals surface area contributed by atoms with E-state index in [0.29, 0.717) is 6.54 Å². The summed E-state index contributed by atoms with van der Waals surface area (Å²) >= 11 is 0. The number of rotatable bonds is 6. The highest BCUT2D eigenvalue weighted by Crippen LogP contribution is 2.26. The predicted octanol–water partition coefficient (Wildman–Crippen LogP) is 1.57. The fourth-order valence-corrected chi connectivity index (χ4v) is 3.34. The summed E-state index contributed by atoms with van der Waals surface area (Å²) in [6.07, 6.45) is 6.09. The van der Waals surface area contributed by atoms with E-state index in [1.165, 1.54) is 32.2 Å². The van der Waals surface area contributed by atoms with Gasteiger partial charge < -0.3 is 20.6 Å². The molecule has 2 rings (SSSR count). The van der Waals surface area contributed by atoms with Gasteiger partial charge in [-0.2, -0.15) is 0 Å². The van der Waals surface area contributed by atoms with Crippen LogP contribution in [-0.4, -0.2) is 54.4 Å². The molecule has 5 nitrogen and oxygen atoms in total. The number of aliphatic hydroxyl groups excluding tert-OH is 1. The molecule has 5 heteroatoms. The Labute approximate surface area is 128 Å². The molecule has 2 aliphatic rings. The maximum Gasteiger partial charge on any atom is 0.315 e. The zero-order valence-electron chi connectivity index (χ0n) is 13.5. The molecule has 0 aromatic heterocycles. The van der Waals surface area contributed by atoms with Gasteiger partial charge in [-0.25, -0.2) is 4.79 Å². The molecule has 2 unspecified atom stereocenters. The van der Waals surface area contributed by atoms with E-state index in [9.17, 15) is 9.90 Å². The molecule has 0 spiro atoms. The van der Waals surface area contributed by atoms with Gasteiger partial charge in [-0.3, -0.25) is 0 Å². The molecule has 0 bridgehead atoms. The van der Waals surface area contributed by atoms with Gasteiger partial charge in [0, 0.05) is 32.2 Å². The maximum absolute atomic E-state index is 11.8. The lowest BCUT2D eigenvalue weighted by atomic mass is 10.1. The van der Waals surface area contributed by atoms with Crippen LogP contribution in [0.4, 0.5) is 4.79 Å². The SMILES string of the molecule is CC(C)C(O)CNC(=O)NC1CCN(CC2CCCC2)C1. The van der Waals surface area contributed by atoms with Crippen molar-refractivity contribution in [3.63, 3.8) is 0 Å². The molecular formula is C16H31N3O2. The van der Waals surface area contributed by atoms with Crippen molar-refractivity contribution in [1.29, 1.82) is 0 Å². The Balaban J connectivity index is 1.61. The fourth-order valence-electron chi connectivity index (χ4n) is 3.34. The van der Waals surface area contributed by atoms with E-state index in [1.54, 1.807) is 0 Å². The normalized spacial score (nSPS) is 25.4. The number of nitrogens with zero attached hydrogens (tertiary/aromatic N) is 1. The van der Waals surface area contributed by atoms with Gasteiger partial charge in [0.25, 0.3) is 0 Å². The minimum absolute atomic E-state index is 0.151. The molecule has 21 heavy (non-hydrogen) atoms. The van der Waals surface area contributed by atoms with E-state index in [-0.39, 0.29) is 18.0 Å². The highest BCUT2D eigenvalue weighted by molar-refractivity contribution is 5.74. The summed E-state index contributed by atoms with van der Waals surface area (Å²) in [5.74, 6) is 1.04. The smallest absolute Gasteiger partial charge is 0.315 e. The highest BCUT2D eigenvalue weighted by Gasteiger charge is 2.26. The maximum atomic E-state index is 11.8. The van der Waals surface area contributed by atoms with Gasteiger partial charge in [0.2, 0.25) is 0 Å². The Morgan fingerprint density at radius 2 is 2.00 bits per heavy atom. The van der Waals surface area contributed by atoms with Crippen molar-refractivity contribution in [2.24, 2.45) is 11.8 Å². The molecule has 0 aromatic carbocycles. The van der Waals surface area contributed by atoms with Gasteiger partial charge in [0.05, 0.1) is 6.10 Å². The molecule has 0 radical (unpaired) electrons. The summed E-state index contributed by atoms with van der Waals surface area (Å²) in [6, 6.07) is 0.102. The van der Waals surface area contributed by atoms with Crippen LogP contribution in [0.1, 0.15) is 46.0 Å². The monoisotopic (exact) mass is 297 g/mol. The van der Waals surface area contributed by atoms with Crippen molar-refractivity contribution in [2.75, 3.05) is 26.2 Å². The largest absolute Gasteiger partial charge is 0.391 e. The van der Waals surface area contributed by atoms with Gasteiger partial charge in [0.1, 0.15) is 0 Å². The molecule has 3 N–H and O–H groups in total. The third kappa shape index (κ3) is 5.47. The zero-order chi connectivity index (χ0) is 15.2. The van der Waals surface area contributed by atoms with Crippen LogP contribution in [0.2, 0.25) is 0 Å². The summed E-state index contributed by atoms with van der Waals surface area (Å²) in [7, 11) is 0. The number of nitrogens with one attached hydrogen (secondary N) is 2. The quantitative estimate of drug-likeness (QED) is 0.697. The summed E-state index contributed by atoms with van der Waals surface area (Å²) in [5.41, 5.74) is 0. The number of carbonyl (C=O) groups is 1. The number of aliphatic hydroxyl groups is 1. The van der Waals surface area contributed by atoms with Crippen molar-refractivity contribution in [3.8, 4) is 0 Å². The highest BCUT2D eigenvalue weighted by atomic mass is 16.3. The summed E-state index contributed by atoms with van der Waals surface area (Å²) in [4.78, 5) is 14.3. The van der Waals surface area contributed by atoms with E-state index in [2.05, 4.69) is 15.5 Å². The molecule has 122 valence electrons. The molecule has 2 fully saturated rings. The van der Waals surface area contributed by atoms with Crippen LogP contribution in [-0.2, 0) is 0 Å². The molecule has 1 aliphatic carbocycles. The number of likely N-dealkylation sites (tertiary alicyclic amines) is 1. The topological polar surface area (TPSA) is 64.6 Å². The van der Waals surface area contributed by atoms with Crippen molar-refractivity contribution < 1.29 is 9.90 Å². The van der Waals surface area contributed by atoms with E-state index >= 15 is 0 Å². The molecular weight excluding hydrogens is 266 g/mol. The molecule has 1 saturated heterocycles. The van der Waals surface area contributed by atoms with Crippen molar-refractivity contribution in [3.05, 3.63) is 0 Å². The number of hydrogen-bond acceptors (Lipinski definition) is 3. The third-order valence-corrected chi connectivity index (χ3v) is 4.84. The van der Waals surface area contributed by atoms with E-state index in [1.807, 2.05) is 13.8 Å². The van der Waals surface area contributed by atoms with Crippen LogP contribution in [0.3, 0.4) is 0 Å². The first-order chi connectivity index (χ1) is 10.0. The van der Waals surface area contributed by atoms with Crippen molar-refractivity contribution in [1.82, 2.24) is 15.5 Å². The minimum Gasteiger partial charge on any atom is -0.391 e. The van der Waals surface area contributed by atoms with E-state index < -0.39 is 6.10 Å². The molecule has 2 atom stereocenters. The van der Waals surface area contributed by atoms with Crippen LogP contribution < -0.4 is 10.6 Å². The van der Waals surface area contributed by atoms with Crippen LogP contribution in [0.25, 0.3) is 0 Å². The first-order valence-electron chi connectivity index (χ1n) is 8.49. The third-order valence-electron chi connectivity index (χ3n) is 4.84. The van der Waals surface area contributed by atoms with Crippen LogP contribution in [0.15, 0.2) is 0 Å². The van der Waals surface area contributed by atoms with Gasteiger partial charge in [-0.05, 0) is 31.1 Å². The molecule has 1 aliphatic heterocycles. The van der Waals surface area contributed by atoms with Crippen LogP contribution >= 0.6 is 0 Å². The Hall–Kier alpha value is -0.810. The summed E-state index contributed by atoms with van der Waals surface area (Å²) in [6.45, 7) is 7.48. The lowest BCUT2D eigenvalue weighted by Gasteiger charge is -2.21. The summed E-state index contributed by atoms with van der Waals surface area (Å²) < 4.78 is 0. The Bertz CT molecular complexity index is 329. The number of hydrogen-bond donors (Lipinski definition) is 3. The molecule has 2 amide bonds. The number of amides is 2. The number of urea groups is 1. The first-order valence-corrected chi connectivity index (χ1v) is 8.49. The minimum atomic E-state index is -0.474. The van der Waals surface area contributed by atoms with Gasteiger partial charge in [-0.15, -0.1) is 0 Å². The Morgan fingerprint density at radius 3 is 2.67 bits per heavy atom. The second kappa shape index (κ2) is 7.99. The average molecular weight is 297 g/mol. The predicted molar refractivity (Wildman–Crippen MR) is 84.2 cm³/mol. The zero-order valence-corrected chi connectivity index (χ0v) is 13.5. The summed E-state index contributed by atoms with van der Waals surface area (Å²) in [5, 5.41) is 15.5. The van der Waals surface area contributed by atoms with E-state index in [4.69, 9.17) is 0 Å². The second-order valence-electron chi connectivity index (χ2n) is 7.06. The fraction of sp³-hybridized carbons (Fsp3) is 0.938. The van der Waals surface area contributed by atoms with Crippen molar-refractivity contribution >= 4 is 6.03 Å². The van der Waals surface area contributed by atoms with E-state index in [0.717, 1.165) is 25.4 Å². The molecule has 1 heterocycles. The lowest BCUT2D eigenvalue weighted by Crippen LogP contribution is -2.46. The lowest BCUT2D eigenvalue weighted by molar-refractivity contribution is 0.124. The second-order valence-corrected chi connectivity index (χ2v) is 7.06. The Morgan fingerprint density at radius 1 is 1.29 bits per heavy atom. The van der Waals surface area contributed by atoms with Crippen LogP contribution in [0.5, 0.6) is 0 Å². The van der Waals surface area contributed by atoms with Crippen LogP contribution in [0, 0.1) is 11.8 Å².